The number of hydrogen-bond donors (Lipinski definition) is 2. The highest BCUT2D eigenvalue weighted by molar-refractivity contribution is 5.59. The van der Waals surface area contributed by atoms with Crippen molar-refractivity contribution in [2.24, 2.45) is 0 Å². The van der Waals surface area contributed by atoms with E-state index < -0.39 is 34.5 Å². The Morgan fingerprint density at radius 3 is 2.19 bits per heavy atom. The molecule has 1 saturated heterocycles. The summed E-state index contributed by atoms with van der Waals surface area (Å²) < 4.78 is 62.4. The van der Waals surface area contributed by atoms with Crippen molar-refractivity contribution in [1.82, 2.24) is 0 Å². The lowest BCUT2D eigenvalue weighted by atomic mass is 10.1. The summed E-state index contributed by atoms with van der Waals surface area (Å²) in [7, 11) is 0. The van der Waals surface area contributed by atoms with E-state index in [1.165, 1.54) is 11.0 Å². The average molecular weight is 381 g/mol. The smallest absolute Gasteiger partial charge is 0.185 e. The van der Waals surface area contributed by atoms with Crippen LogP contribution in [0, 0.1) is 23.3 Å². The lowest BCUT2D eigenvalue weighted by Gasteiger charge is -2.22. The van der Waals surface area contributed by atoms with Crippen LogP contribution in [0.25, 0.3) is 6.08 Å². The van der Waals surface area contributed by atoms with Gasteiger partial charge in [-0.1, -0.05) is 30.3 Å². The zero-order chi connectivity index (χ0) is 19.2. The maximum atomic E-state index is 14.3. The first-order valence-corrected chi connectivity index (χ1v) is 8.79. The summed E-state index contributed by atoms with van der Waals surface area (Å²) in [5.41, 5.74) is -0.776. The van der Waals surface area contributed by atoms with Crippen molar-refractivity contribution >= 4 is 11.8 Å². The molecule has 0 aromatic heterocycles. The molecule has 0 atom stereocenters. The van der Waals surface area contributed by atoms with Crippen molar-refractivity contribution < 1.29 is 27.2 Å². The first-order valence-electron chi connectivity index (χ1n) is 8.79. The van der Waals surface area contributed by atoms with E-state index in [4.69, 9.17) is 4.74 Å². The van der Waals surface area contributed by atoms with Gasteiger partial charge in [0, 0.05) is 6.54 Å². The van der Waals surface area contributed by atoms with Crippen molar-refractivity contribution in [3.8, 4) is 0 Å². The molecular weight excluding hydrogens is 360 g/mol. The summed E-state index contributed by atoms with van der Waals surface area (Å²) in [4.78, 5) is 1.18. The molecule has 1 aliphatic heterocycles. The molecule has 0 saturated carbocycles. The monoisotopic (exact) mass is 381 g/mol. The lowest BCUT2D eigenvalue weighted by molar-refractivity contribution is -0.902. The van der Waals surface area contributed by atoms with Crippen molar-refractivity contribution in [1.29, 1.82) is 0 Å². The molecule has 0 unspecified atom stereocenters. The Hall–Kier alpha value is -2.38. The van der Waals surface area contributed by atoms with Gasteiger partial charge in [0.2, 0.25) is 0 Å². The molecule has 2 N–H and O–H groups in total. The maximum absolute atomic E-state index is 14.3. The molecule has 3 rings (SSSR count). The van der Waals surface area contributed by atoms with Gasteiger partial charge in [-0.25, -0.2) is 17.6 Å². The zero-order valence-electron chi connectivity index (χ0n) is 14.7. The summed E-state index contributed by atoms with van der Waals surface area (Å²) in [6.45, 7) is 3.34. The summed E-state index contributed by atoms with van der Waals surface area (Å²) in [5, 5.41) is 2.44. The second-order valence-electron chi connectivity index (χ2n) is 6.35. The number of rotatable bonds is 6. The summed E-state index contributed by atoms with van der Waals surface area (Å²) in [6.07, 6.45) is 2.62. The largest absolute Gasteiger partial charge is 0.376 e. The van der Waals surface area contributed by atoms with Gasteiger partial charge in [-0.3, -0.25) is 0 Å². The van der Waals surface area contributed by atoms with Gasteiger partial charge in [0.25, 0.3) is 0 Å². The number of benzene rings is 2. The van der Waals surface area contributed by atoms with Crippen LogP contribution in [0.15, 0.2) is 36.4 Å². The lowest BCUT2D eigenvalue weighted by Crippen LogP contribution is -3.13. The minimum absolute atomic E-state index is 0.0448. The van der Waals surface area contributed by atoms with E-state index in [1.807, 2.05) is 0 Å². The highest BCUT2D eigenvalue weighted by Gasteiger charge is 2.24. The Labute approximate surface area is 155 Å². The van der Waals surface area contributed by atoms with Gasteiger partial charge in [0.15, 0.2) is 23.3 Å². The average Bonchev–Trinajstić information content (AvgIpc) is 2.70. The van der Waals surface area contributed by atoms with E-state index in [9.17, 15) is 17.6 Å². The van der Waals surface area contributed by atoms with Crippen LogP contribution >= 0.6 is 0 Å². The normalized spacial score (nSPS) is 15.4. The Kier molecular flexibility index (Phi) is 6.47. The Morgan fingerprint density at radius 2 is 1.56 bits per heavy atom. The van der Waals surface area contributed by atoms with Crippen LogP contribution in [0.5, 0.6) is 0 Å². The number of quaternary nitrogens is 1. The van der Waals surface area contributed by atoms with Gasteiger partial charge in [-0.15, -0.1) is 0 Å². The van der Waals surface area contributed by atoms with Crippen molar-refractivity contribution in [3.63, 3.8) is 0 Å². The molecule has 1 heterocycles. The molecular formula is C20H21F4N2O+. The summed E-state index contributed by atoms with van der Waals surface area (Å²) >= 11 is 0. The number of anilines is 1. The third kappa shape index (κ3) is 4.67. The van der Waals surface area contributed by atoms with E-state index in [0.717, 1.165) is 24.7 Å². The van der Waals surface area contributed by atoms with Gasteiger partial charge in [-0.2, -0.15) is 0 Å². The first kappa shape index (κ1) is 19.4. The summed E-state index contributed by atoms with van der Waals surface area (Å²) in [5.74, 6) is -5.67. The fourth-order valence-electron chi connectivity index (χ4n) is 2.94. The van der Waals surface area contributed by atoms with Crippen LogP contribution in [-0.2, 0) is 11.3 Å². The molecule has 0 bridgehead atoms. The van der Waals surface area contributed by atoms with E-state index in [0.29, 0.717) is 19.8 Å². The molecule has 0 spiro atoms. The topological polar surface area (TPSA) is 25.7 Å². The number of morpholine rings is 1. The van der Waals surface area contributed by atoms with E-state index in [2.05, 4.69) is 5.32 Å². The second-order valence-corrected chi connectivity index (χ2v) is 6.35. The second kappa shape index (κ2) is 9.01. The highest BCUT2D eigenvalue weighted by Crippen LogP contribution is 2.29. The number of ether oxygens (including phenoxy) is 1. The zero-order valence-corrected chi connectivity index (χ0v) is 14.7. The minimum atomic E-state index is -1.43. The Balaban J connectivity index is 1.76. The molecule has 1 aliphatic rings. The molecule has 2 aromatic carbocycles. The Morgan fingerprint density at radius 1 is 0.926 bits per heavy atom. The molecule has 7 heteroatoms. The van der Waals surface area contributed by atoms with Gasteiger partial charge in [0.05, 0.1) is 25.3 Å². The van der Waals surface area contributed by atoms with Gasteiger partial charge in [0.1, 0.15) is 18.8 Å². The predicted molar refractivity (Wildman–Crippen MR) is 95.5 cm³/mol. The molecule has 1 fully saturated rings. The summed E-state index contributed by atoms with van der Waals surface area (Å²) in [6, 6.07) is 8.79. The van der Waals surface area contributed by atoms with E-state index in [-0.39, 0.29) is 6.54 Å². The van der Waals surface area contributed by atoms with Gasteiger partial charge >= 0.3 is 0 Å². The number of hydrogen-bond acceptors (Lipinski definition) is 2. The fourth-order valence-corrected chi connectivity index (χ4v) is 2.94. The quantitative estimate of drug-likeness (QED) is 0.595. The van der Waals surface area contributed by atoms with Crippen LogP contribution < -0.4 is 10.2 Å². The predicted octanol–water partition coefficient (Wildman–Crippen LogP) is 2.78. The standard InChI is InChI=1S/C20H20F4N2O/c21-16-15(7-4-8-26-9-11-27-12-10-26)17(22)19(24)20(18(16)23)25-13-14-5-2-1-3-6-14/h1-7,25H,8-13H2/p+1/b7-4+. The van der Waals surface area contributed by atoms with Crippen molar-refractivity contribution in [2.45, 2.75) is 6.54 Å². The molecule has 2 aromatic rings. The third-order valence-electron chi connectivity index (χ3n) is 4.50. The number of halogens is 4. The molecule has 0 radical (unpaired) electrons. The Bertz CT molecular complexity index is 776. The van der Waals surface area contributed by atoms with Crippen LogP contribution in [-0.4, -0.2) is 32.8 Å². The third-order valence-corrected chi connectivity index (χ3v) is 4.50. The molecule has 3 nitrogen and oxygen atoms in total. The first-order chi connectivity index (χ1) is 13.1. The number of nitrogens with one attached hydrogen (secondary N) is 2. The van der Waals surface area contributed by atoms with Crippen LogP contribution in [0.1, 0.15) is 11.1 Å². The maximum Gasteiger partial charge on any atom is 0.185 e. The SMILES string of the molecule is Fc1c(F)c(NCc2ccccc2)c(F)c(F)c1/C=C/C[NH+]1CCOCC1. The fraction of sp³-hybridized carbons (Fsp3) is 0.300. The van der Waals surface area contributed by atoms with E-state index in [1.54, 1.807) is 30.3 Å². The minimum Gasteiger partial charge on any atom is -0.376 e. The molecule has 0 amide bonds. The van der Waals surface area contributed by atoms with Crippen LogP contribution in [0.2, 0.25) is 0 Å². The highest BCUT2D eigenvalue weighted by atomic mass is 19.2. The molecule has 0 aliphatic carbocycles. The van der Waals surface area contributed by atoms with Crippen molar-refractivity contribution in [2.75, 3.05) is 38.2 Å². The van der Waals surface area contributed by atoms with Gasteiger partial charge in [-0.05, 0) is 17.7 Å². The van der Waals surface area contributed by atoms with E-state index >= 15 is 0 Å². The van der Waals surface area contributed by atoms with Gasteiger partial charge < -0.3 is 15.0 Å². The van der Waals surface area contributed by atoms with Crippen molar-refractivity contribution in [3.05, 3.63) is 70.8 Å². The molecule has 144 valence electrons. The van der Waals surface area contributed by atoms with Crippen LogP contribution in [0.4, 0.5) is 23.2 Å². The van der Waals surface area contributed by atoms with Crippen LogP contribution in [0.3, 0.4) is 0 Å². The molecule has 27 heavy (non-hydrogen) atoms.